The van der Waals surface area contributed by atoms with Crippen LogP contribution in [0.5, 0.6) is 0 Å². The van der Waals surface area contributed by atoms with Crippen LogP contribution in [-0.2, 0) is 16.0 Å². The van der Waals surface area contributed by atoms with E-state index in [1.165, 1.54) is 12.7 Å². The molecular formula is C16H18ClNO2. The summed E-state index contributed by atoms with van der Waals surface area (Å²) in [6.45, 7) is 0. The second kappa shape index (κ2) is 7.68. The second-order valence-electron chi connectivity index (χ2n) is 4.40. The van der Waals surface area contributed by atoms with Gasteiger partial charge in [0, 0.05) is 0 Å². The molecule has 2 N–H and O–H groups in total. The molecule has 0 aromatic heterocycles. The van der Waals surface area contributed by atoms with Gasteiger partial charge >= 0.3 is 5.97 Å². The lowest BCUT2D eigenvalue weighted by Gasteiger charge is -2.09. The monoisotopic (exact) mass is 291 g/mol. The number of benzene rings is 2. The van der Waals surface area contributed by atoms with Crippen molar-refractivity contribution in [2.75, 3.05) is 7.11 Å². The van der Waals surface area contributed by atoms with Crippen LogP contribution in [0.3, 0.4) is 0 Å². The zero-order chi connectivity index (χ0) is 13.7. The Morgan fingerprint density at radius 3 is 2.15 bits per heavy atom. The van der Waals surface area contributed by atoms with Gasteiger partial charge in [0.05, 0.1) is 7.11 Å². The summed E-state index contributed by atoms with van der Waals surface area (Å²) in [6, 6.07) is 17.6. The normalized spacial score (nSPS) is 11.3. The minimum absolute atomic E-state index is 0. The minimum atomic E-state index is -0.604. The third kappa shape index (κ3) is 4.08. The van der Waals surface area contributed by atoms with Gasteiger partial charge in [0.25, 0.3) is 0 Å². The Labute approximate surface area is 125 Å². The number of rotatable bonds is 4. The zero-order valence-corrected chi connectivity index (χ0v) is 12.1. The van der Waals surface area contributed by atoms with Gasteiger partial charge < -0.3 is 10.5 Å². The molecule has 2 aromatic carbocycles. The second-order valence-corrected chi connectivity index (χ2v) is 4.40. The third-order valence-electron chi connectivity index (χ3n) is 3.02. The maximum Gasteiger partial charge on any atom is 0.322 e. The number of nitrogens with two attached hydrogens (primary N) is 1. The molecule has 0 unspecified atom stereocenters. The van der Waals surface area contributed by atoms with E-state index in [2.05, 4.69) is 16.9 Å². The van der Waals surface area contributed by atoms with Crippen LogP contribution >= 0.6 is 12.4 Å². The van der Waals surface area contributed by atoms with E-state index in [0.717, 1.165) is 11.1 Å². The topological polar surface area (TPSA) is 52.3 Å². The van der Waals surface area contributed by atoms with Crippen molar-refractivity contribution in [2.24, 2.45) is 5.73 Å². The Balaban J connectivity index is 0.00000200. The maximum atomic E-state index is 11.3. The van der Waals surface area contributed by atoms with Crippen LogP contribution in [0.25, 0.3) is 11.1 Å². The van der Waals surface area contributed by atoms with Crippen molar-refractivity contribution in [3.8, 4) is 11.1 Å². The van der Waals surface area contributed by atoms with Gasteiger partial charge in [-0.3, -0.25) is 4.79 Å². The van der Waals surface area contributed by atoms with Crippen molar-refractivity contribution in [2.45, 2.75) is 12.5 Å². The van der Waals surface area contributed by atoms with Crippen LogP contribution in [0.1, 0.15) is 5.56 Å². The van der Waals surface area contributed by atoms with Gasteiger partial charge in [-0.25, -0.2) is 0 Å². The molecule has 0 radical (unpaired) electrons. The summed E-state index contributed by atoms with van der Waals surface area (Å²) in [4.78, 5) is 11.3. The molecule has 0 fully saturated rings. The molecule has 0 aliphatic rings. The van der Waals surface area contributed by atoms with E-state index in [-0.39, 0.29) is 18.4 Å². The number of halogens is 1. The van der Waals surface area contributed by atoms with E-state index < -0.39 is 6.04 Å². The first-order valence-corrected chi connectivity index (χ1v) is 6.18. The molecule has 0 heterocycles. The number of hydrogen-bond acceptors (Lipinski definition) is 3. The lowest BCUT2D eigenvalue weighted by atomic mass is 10.0. The molecule has 1 atom stereocenters. The minimum Gasteiger partial charge on any atom is -0.468 e. The highest BCUT2D eigenvalue weighted by atomic mass is 35.5. The highest BCUT2D eigenvalue weighted by molar-refractivity contribution is 5.85. The van der Waals surface area contributed by atoms with Gasteiger partial charge in [0.15, 0.2) is 0 Å². The molecule has 0 saturated heterocycles. The van der Waals surface area contributed by atoms with Crippen molar-refractivity contribution in [3.63, 3.8) is 0 Å². The fourth-order valence-corrected chi connectivity index (χ4v) is 1.95. The molecule has 0 spiro atoms. The van der Waals surface area contributed by atoms with Crippen LogP contribution in [0, 0.1) is 0 Å². The first-order chi connectivity index (χ1) is 9.20. The lowest BCUT2D eigenvalue weighted by Crippen LogP contribution is -2.33. The van der Waals surface area contributed by atoms with Crippen molar-refractivity contribution in [1.82, 2.24) is 0 Å². The van der Waals surface area contributed by atoms with Crippen LogP contribution in [-0.4, -0.2) is 19.1 Å². The molecule has 0 bridgehead atoms. The van der Waals surface area contributed by atoms with Gasteiger partial charge in [0.2, 0.25) is 0 Å². The van der Waals surface area contributed by atoms with Crippen molar-refractivity contribution >= 4 is 18.4 Å². The summed E-state index contributed by atoms with van der Waals surface area (Å²) < 4.78 is 4.61. The molecule has 0 amide bonds. The van der Waals surface area contributed by atoms with E-state index in [4.69, 9.17) is 5.73 Å². The highest BCUT2D eigenvalue weighted by Gasteiger charge is 2.13. The Morgan fingerprint density at radius 2 is 1.60 bits per heavy atom. The lowest BCUT2D eigenvalue weighted by molar-refractivity contribution is -0.142. The van der Waals surface area contributed by atoms with Crippen molar-refractivity contribution in [1.29, 1.82) is 0 Å². The molecule has 3 nitrogen and oxygen atoms in total. The quantitative estimate of drug-likeness (QED) is 0.881. The zero-order valence-electron chi connectivity index (χ0n) is 11.3. The Kier molecular flexibility index (Phi) is 6.22. The van der Waals surface area contributed by atoms with E-state index in [0.29, 0.717) is 6.42 Å². The largest absolute Gasteiger partial charge is 0.468 e. The summed E-state index contributed by atoms with van der Waals surface area (Å²) in [6.07, 6.45) is 0.488. The molecule has 0 saturated carbocycles. The van der Waals surface area contributed by atoms with Crippen LogP contribution in [0.2, 0.25) is 0 Å². The highest BCUT2D eigenvalue weighted by Crippen LogP contribution is 2.19. The van der Waals surface area contributed by atoms with E-state index in [9.17, 15) is 4.79 Å². The SMILES string of the molecule is COC(=O)[C@@H](N)Cc1ccc(-c2ccccc2)cc1.Cl. The standard InChI is InChI=1S/C16H17NO2.ClH/c1-19-16(18)15(17)11-12-7-9-14(10-8-12)13-5-3-2-4-6-13;/h2-10,15H,11,17H2,1H3;1H/t15-;/m0./s1. The number of esters is 1. The molecule has 0 aliphatic heterocycles. The van der Waals surface area contributed by atoms with Gasteiger partial charge in [-0.05, 0) is 23.1 Å². The Morgan fingerprint density at radius 1 is 1.05 bits per heavy atom. The van der Waals surface area contributed by atoms with Crippen LogP contribution in [0.15, 0.2) is 54.6 Å². The van der Waals surface area contributed by atoms with Gasteiger partial charge in [-0.2, -0.15) is 0 Å². The van der Waals surface area contributed by atoms with E-state index in [1.54, 1.807) is 0 Å². The average molecular weight is 292 g/mol. The fourth-order valence-electron chi connectivity index (χ4n) is 1.95. The molecular weight excluding hydrogens is 274 g/mol. The number of methoxy groups -OCH3 is 1. The van der Waals surface area contributed by atoms with Crippen LogP contribution < -0.4 is 5.73 Å². The Bertz CT molecular complexity index is 540. The number of ether oxygens (including phenoxy) is 1. The van der Waals surface area contributed by atoms with E-state index in [1.807, 2.05) is 42.5 Å². The molecule has 2 aromatic rings. The fraction of sp³-hybridized carbons (Fsp3) is 0.188. The first kappa shape index (κ1) is 16.2. The smallest absolute Gasteiger partial charge is 0.322 e. The summed E-state index contributed by atoms with van der Waals surface area (Å²) >= 11 is 0. The van der Waals surface area contributed by atoms with Crippen molar-refractivity contribution in [3.05, 3.63) is 60.2 Å². The summed E-state index contributed by atoms with van der Waals surface area (Å²) in [5, 5.41) is 0. The van der Waals surface area contributed by atoms with Crippen molar-refractivity contribution < 1.29 is 9.53 Å². The Hall–Kier alpha value is -1.84. The molecule has 4 heteroatoms. The molecule has 20 heavy (non-hydrogen) atoms. The van der Waals surface area contributed by atoms with Gasteiger partial charge in [-0.1, -0.05) is 54.6 Å². The average Bonchev–Trinajstić information content (AvgIpc) is 2.48. The van der Waals surface area contributed by atoms with Crippen LogP contribution in [0.4, 0.5) is 0 Å². The molecule has 106 valence electrons. The first-order valence-electron chi connectivity index (χ1n) is 6.18. The maximum absolute atomic E-state index is 11.3. The number of carbonyl (C=O) groups excluding carboxylic acids is 1. The predicted octanol–water partition coefficient (Wildman–Crippen LogP) is 2.82. The van der Waals surface area contributed by atoms with Gasteiger partial charge in [0.1, 0.15) is 6.04 Å². The number of carbonyl (C=O) groups is 1. The summed E-state index contributed by atoms with van der Waals surface area (Å²) in [5.41, 5.74) is 9.08. The molecule has 2 rings (SSSR count). The van der Waals surface area contributed by atoms with Gasteiger partial charge in [-0.15, -0.1) is 12.4 Å². The summed E-state index contributed by atoms with van der Waals surface area (Å²) in [7, 11) is 1.35. The predicted molar refractivity (Wildman–Crippen MR) is 82.8 cm³/mol. The molecule has 0 aliphatic carbocycles. The third-order valence-corrected chi connectivity index (χ3v) is 3.02. The number of hydrogen-bond donors (Lipinski definition) is 1. The summed E-state index contributed by atoms with van der Waals surface area (Å²) in [5.74, 6) is -0.382. The van der Waals surface area contributed by atoms with E-state index >= 15 is 0 Å².